The molecule has 0 amide bonds. The fourth-order valence-electron chi connectivity index (χ4n) is 5.21. The quantitative estimate of drug-likeness (QED) is 0.740. The summed E-state index contributed by atoms with van der Waals surface area (Å²) in [6.07, 6.45) is 8.97. The summed E-state index contributed by atoms with van der Waals surface area (Å²) in [5, 5.41) is 3.64. The van der Waals surface area contributed by atoms with Gasteiger partial charge in [0.15, 0.2) is 0 Å². The van der Waals surface area contributed by atoms with Crippen molar-refractivity contribution in [3.8, 4) is 0 Å². The Kier molecular flexibility index (Phi) is 3.23. The Bertz CT molecular complexity index is 257. The standard InChI is InChI=1S/C16H29N/c1-10(2)5-4-6-13(17-3)16-14-11-7-8-12(9-11)15(14)16/h10-17H,4-9H2,1-3H3. The largest absolute Gasteiger partial charge is 0.317 e. The Labute approximate surface area is 107 Å². The average Bonchev–Trinajstić information content (AvgIpc) is 2.73. The molecule has 98 valence electrons. The second-order valence-corrected chi connectivity index (χ2v) is 7.29. The minimum atomic E-state index is 0.840. The molecule has 0 radical (unpaired) electrons. The molecule has 1 nitrogen and oxygen atoms in total. The maximum atomic E-state index is 3.64. The summed E-state index contributed by atoms with van der Waals surface area (Å²) in [5.41, 5.74) is 0. The molecule has 1 heteroatoms. The van der Waals surface area contributed by atoms with E-state index in [0.717, 1.165) is 41.5 Å². The second kappa shape index (κ2) is 4.57. The van der Waals surface area contributed by atoms with Gasteiger partial charge in [0.1, 0.15) is 0 Å². The van der Waals surface area contributed by atoms with Crippen molar-refractivity contribution >= 4 is 0 Å². The van der Waals surface area contributed by atoms with E-state index in [-0.39, 0.29) is 0 Å². The third-order valence-electron chi connectivity index (χ3n) is 5.93. The van der Waals surface area contributed by atoms with E-state index in [1.54, 1.807) is 19.3 Å². The molecule has 0 saturated heterocycles. The molecule has 2 bridgehead atoms. The summed E-state index contributed by atoms with van der Waals surface area (Å²) in [5.74, 6) is 6.50. The monoisotopic (exact) mass is 235 g/mol. The molecule has 5 atom stereocenters. The van der Waals surface area contributed by atoms with Crippen LogP contribution in [-0.2, 0) is 0 Å². The SMILES string of the molecule is CNC(CCCC(C)C)C1C2C3CCC(C3)C21. The van der Waals surface area contributed by atoms with Crippen molar-refractivity contribution in [2.45, 2.75) is 58.4 Å². The van der Waals surface area contributed by atoms with Gasteiger partial charge in [0.2, 0.25) is 0 Å². The molecule has 5 unspecified atom stereocenters. The van der Waals surface area contributed by atoms with Crippen LogP contribution in [0.5, 0.6) is 0 Å². The maximum absolute atomic E-state index is 3.64. The van der Waals surface area contributed by atoms with Crippen molar-refractivity contribution < 1.29 is 0 Å². The van der Waals surface area contributed by atoms with Crippen LogP contribution in [0.15, 0.2) is 0 Å². The zero-order chi connectivity index (χ0) is 12.0. The van der Waals surface area contributed by atoms with Gasteiger partial charge in [-0.3, -0.25) is 0 Å². The van der Waals surface area contributed by atoms with Crippen molar-refractivity contribution in [3.05, 3.63) is 0 Å². The van der Waals surface area contributed by atoms with Gasteiger partial charge >= 0.3 is 0 Å². The third-order valence-corrected chi connectivity index (χ3v) is 5.93. The predicted octanol–water partition coefficient (Wildman–Crippen LogP) is 3.69. The summed E-state index contributed by atoms with van der Waals surface area (Å²) in [6.45, 7) is 4.70. The van der Waals surface area contributed by atoms with Gasteiger partial charge in [0.05, 0.1) is 0 Å². The van der Waals surface area contributed by atoms with Crippen LogP contribution in [0.4, 0.5) is 0 Å². The van der Waals surface area contributed by atoms with Crippen LogP contribution in [0.1, 0.15) is 52.4 Å². The van der Waals surface area contributed by atoms with Crippen LogP contribution in [0.3, 0.4) is 0 Å². The molecule has 0 aromatic heterocycles. The summed E-state index contributed by atoms with van der Waals surface area (Å²) < 4.78 is 0. The maximum Gasteiger partial charge on any atom is 0.00980 e. The normalized spacial score (nSPS) is 44.1. The summed E-state index contributed by atoms with van der Waals surface area (Å²) in [4.78, 5) is 0. The molecule has 3 rings (SSSR count). The minimum Gasteiger partial charge on any atom is -0.317 e. The Morgan fingerprint density at radius 2 is 1.71 bits per heavy atom. The molecule has 3 aliphatic rings. The van der Waals surface area contributed by atoms with Crippen molar-refractivity contribution in [1.29, 1.82) is 0 Å². The van der Waals surface area contributed by atoms with Crippen LogP contribution in [-0.4, -0.2) is 13.1 Å². The molecule has 0 aliphatic heterocycles. The molecule has 3 saturated carbocycles. The number of nitrogens with one attached hydrogen (secondary N) is 1. The first kappa shape index (κ1) is 12.0. The van der Waals surface area contributed by atoms with Gasteiger partial charge in [0.25, 0.3) is 0 Å². The van der Waals surface area contributed by atoms with E-state index in [4.69, 9.17) is 0 Å². The zero-order valence-electron chi connectivity index (χ0n) is 11.8. The molecule has 0 aromatic carbocycles. The lowest BCUT2D eigenvalue weighted by Crippen LogP contribution is -2.30. The van der Waals surface area contributed by atoms with Crippen molar-refractivity contribution in [2.75, 3.05) is 7.05 Å². The Balaban J connectivity index is 1.50. The Hall–Kier alpha value is -0.0400. The van der Waals surface area contributed by atoms with Crippen molar-refractivity contribution in [1.82, 2.24) is 5.32 Å². The lowest BCUT2D eigenvalue weighted by atomic mass is 9.93. The number of hydrogen-bond acceptors (Lipinski definition) is 1. The first-order valence-corrected chi connectivity index (χ1v) is 7.89. The first-order valence-electron chi connectivity index (χ1n) is 7.89. The summed E-state index contributed by atoms with van der Waals surface area (Å²) in [7, 11) is 2.19. The molecular weight excluding hydrogens is 206 g/mol. The Morgan fingerprint density at radius 1 is 1.06 bits per heavy atom. The smallest absolute Gasteiger partial charge is 0.00980 e. The predicted molar refractivity (Wildman–Crippen MR) is 72.8 cm³/mol. The molecule has 1 N–H and O–H groups in total. The topological polar surface area (TPSA) is 12.0 Å². The summed E-state index contributed by atoms with van der Waals surface area (Å²) >= 11 is 0. The first-order chi connectivity index (χ1) is 8.22. The average molecular weight is 235 g/mol. The van der Waals surface area contributed by atoms with Crippen LogP contribution in [0.2, 0.25) is 0 Å². The van der Waals surface area contributed by atoms with Gasteiger partial charge in [-0.1, -0.05) is 26.7 Å². The summed E-state index contributed by atoms with van der Waals surface area (Å²) in [6, 6.07) is 0.840. The van der Waals surface area contributed by atoms with E-state index in [1.807, 2.05) is 0 Å². The lowest BCUT2D eigenvalue weighted by molar-refractivity contribution is 0.350. The lowest BCUT2D eigenvalue weighted by Gasteiger charge is -2.20. The van der Waals surface area contributed by atoms with Crippen molar-refractivity contribution in [2.24, 2.45) is 35.5 Å². The van der Waals surface area contributed by atoms with Crippen LogP contribution >= 0.6 is 0 Å². The molecule has 0 aromatic rings. The van der Waals surface area contributed by atoms with Crippen LogP contribution in [0, 0.1) is 35.5 Å². The molecule has 17 heavy (non-hydrogen) atoms. The van der Waals surface area contributed by atoms with E-state index in [2.05, 4.69) is 26.2 Å². The molecule has 3 fully saturated rings. The van der Waals surface area contributed by atoms with E-state index >= 15 is 0 Å². The van der Waals surface area contributed by atoms with Gasteiger partial charge in [-0.25, -0.2) is 0 Å². The van der Waals surface area contributed by atoms with E-state index in [0.29, 0.717) is 0 Å². The fraction of sp³-hybridized carbons (Fsp3) is 1.00. The highest BCUT2D eigenvalue weighted by atomic mass is 14.9. The van der Waals surface area contributed by atoms with Gasteiger partial charge in [-0.2, -0.15) is 0 Å². The molecule has 0 spiro atoms. The number of rotatable bonds is 6. The van der Waals surface area contributed by atoms with Gasteiger partial charge in [-0.15, -0.1) is 0 Å². The van der Waals surface area contributed by atoms with Gasteiger partial charge in [0, 0.05) is 6.04 Å². The zero-order valence-corrected chi connectivity index (χ0v) is 11.8. The highest BCUT2D eigenvalue weighted by Crippen LogP contribution is 2.70. The van der Waals surface area contributed by atoms with Gasteiger partial charge < -0.3 is 5.32 Å². The number of hydrogen-bond donors (Lipinski definition) is 1. The van der Waals surface area contributed by atoms with Crippen LogP contribution in [0.25, 0.3) is 0 Å². The Morgan fingerprint density at radius 3 is 2.24 bits per heavy atom. The van der Waals surface area contributed by atoms with E-state index in [1.165, 1.54) is 19.3 Å². The second-order valence-electron chi connectivity index (χ2n) is 7.29. The molecular formula is C16H29N. The fourth-order valence-corrected chi connectivity index (χ4v) is 5.21. The minimum absolute atomic E-state index is 0.840. The van der Waals surface area contributed by atoms with E-state index < -0.39 is 0 Å². The van der Waals surface area contributed by atoms with E-state index in [9.17, 15) is 0 Å². The molecule has 0 heterocycles. The van der Waals surface area contributed by atoms with Crippen LogP contribution < -0.4 is 5.32 Å². The third kappa shape index (κ3) is 2.05. The van der Waals surface area contributed by atoms with Crippen molar-refractivity contribution in [3.63, 3.8) is 0 Å². The number of fused-ring (bicyclic) bond motifs is 5. The highest BCUT2D eigenvalue weighted by Gasteiger charge is 2.66. The highest BCUT2D eigenvalue weighted by molar-refractivity contribution is 5.15. The molecule has 3 aliphatic carbocycles. The van der Waals surface area contributed by atoms with Gasteiger partial charge in [-0.05, 0) is 68.2 Å².